The molecule has 0 bridgehead atoms. The zero-order valence-corrected chi connectivity index (χ0v) is 12.0. The van der Waals surface area contributed by atoms with E-state index in [9.17, 15) is 8.42 Å². The van der Waals surface area contributed by atoms with Crippen molar-refractivity contribution >= 4 is 10.0 Å². The molecule has 0 spiro atoms. The molecule has 0 radical (unpaired) electrons. The van der Waals surface area contributed by atoms with E-state index in [0.717, 1.165) is 0 Å². The molecule has 4 nitrogen and oxygen atoms in total. The van der Waals surface area contributed by atoms with Gasteiger partial charge < -0.3 is 5.73 Å². The Morgan fingerprint density at radius 3 is 2.06 bits per heavy atom. The summed E-state index contributed by atoms with van der Waals surface area (Å²) in [6.07, 6.45) is 0.670. The molecule has 0 fully saturated rings. The monoisotopic (exact) mass is 250 g/mol. The number of hydrogen-bond donors (Lipinski definition) is 1. The first-order valence-corrected chi connectivity index (χ1v) is 7.40. The van der Waals surface area contributed by atoms with E-state index in [2.05, 4.69) is 0 Å². The van der Waals surface area contributed by atoms with Gasteiger partial charge in [0, 0.05) is 19.1 Å². The first-order valence-electron chi connectivity index (χ1n) is 5.80. The lowest BCUT2D eigenvalue weighted by molar-refractivity contribution is 0.349. The van der Waals surface area contributed by atoms with Crippen molar-refractivity contribution < 1.29 is 8.42 Å². The highest BCUT2D eigenvalue weighted by atomic mass is 32.2. The fourth-order valence-electron chi connectivity index (χ4n) is 1.40. The van der Waals surface area contributed by atoms with Crippen LogP contribution < -0.4 is 5.73 Å². The van der Waals surface area contributed by atoms with E-state index in [1.807, 2.05) is 34.6 Å². The maximum atomic E-state index is 12.1. The summed E-state index contributed by atoms with van der Waals surface area (Å²) in [5, 5.41) is 0. The van der Waals surface area contributed by atoms with Gasteiger partial charge in [0.25, 0.3) is 0 Å². The van der Waals surface area contributed by atoms with Crippen LogP contribution in [0.4, 0.5) is 0 Å². The lowest BCUT2D eigenvalue weighted by Gasteiger charge is -2.27. The molecular weight excluding hydrogens is 224 g/mol. The van der Waals surface area contributed by atoms with Gasteiger partial charge in [0.15, 0.2) is 0 Å². The highest BCUT2D eigenvalue weighted by molar-refractivity contribution is 7.89. The minimum absolute atomic E-state index is 0.0199. The molecule has 0 aromatic rings. The summed E-state index contributed by atoms with van der Waals surface area (Å²) in [7, 11) is -3.16. The van der Waals surface area contributed by atoms with Gasteiger partial charge in [-0.15, -0.1) is 0 Å². The maximum Gasteiger partial charge on any atom is 0.214 e. The average Bonchev–Trinajstić information content (AvgIpc) is 2.09. The molecule has 0 aliphatic heterocycles. The van der Waals surface area contributed by atoms with Crippen molar-refractivity contribution in [3.63, 3.8) is 0 Å². The molecule has 0 aromatic heterocycles. The molecule has 0 aliphatic rings. The molecule has 5 heteroatoms. The number of nitrogens with zero attached hydrogens (tertiary/aromatic N) is 1. The molecule has 0 amide bonds. The molecule has 16 heavy (non-hydrogen) atoms. The van der Waals surface area contributed by atoms with Crippen LogP contribution in [0.5, 0.6) is 0 Å². The van der Waals surface area contributed by atoms with Crippen LogP contribution >= 0.6 is 0 Å². The third-order valence-corrected chi connectivity index (χ3v) is 4.43. The summed E-state index contributed by atoms with van der Waals surface area (Å²) in [4.78, 5) is 0. The van der Waals surface area contributed by atoms with Crippen molar-refractivity contribution in [1.82, 2.24) is 4.31 Å². The van der Waals surface area contributed by atoms with Crippen molar-refractivity contribution in [2.24, 2.45) is 11.1 Å². The molecule has 0 heterocycles. The highest BCUT2D eigenvalue weighted by Gasteiger charge is 2.25. The number of rotatable bonds is 6. The number of sulfonamides is 1. The Labute approximate surface area is 100 Å². The van der Waals surface area contributed by atoms with Crippen LogP contribution in [0.2, 0.25) is 0 Å². The molecule has 0 rings (SSSR count). The standard InChI is InChI=1S/C11H26N2O2S/c1-10(2)13(8-7-12)16(14,15)9-6-11(3,4)5/h10H,6-9,12H2,1-5H3. The van der Waals surface area contributed by atoms with Gasteiger partial charge in [-0.25, -0.2) is 8.42 Å². The summed E-state index contributed by atoms with van der Waals surface area (Å²) < 4.78 is 25.7. The lowest BCUT2D eigenvalue weighted by atomic mass is 9.94. The number of nitrogens with two attached hydrogens (primary N) is 1. The van der Waals surface area contributed by atoms with Crippen LogP contribution in [0.15, 0.2) is 0 Å². The Balaban J connectivity index is 4.61. The fourth-order valence-corrected chi connectivity index (χ4v) is 3.53. The van der Waals surface area contributed by atoms with E-state index >= 15 is 0 Å². The third kappa shape index (κ3) is 5.82. The van der Waals surface area contributed by atoms with Crippen molar-refractivity contribution in [2.75, 3.05) is 18.8 Å². The Bertz CT molecular complexity index is 292. The van der Waals surface area contributed by atoms with Crippen LogP contribution in [-0.2, 0) is 10.0 Å². The van der Waals surface area contributed by atoms with Crippen molar-refractivity contribution in [3.05, 3.63) is 0 Å². The van der Waals surface area contributed by atoms with Gasteiger partial charge in [-0.3, -0.25) is 0 Å². The van der Waals surface area contributed by atoms with E-state index in [1.54, 1.807) is 0 Å². The summed E-state index contributed by atoms with van der Waals surface area (Å²) in [6.45, 7) is 10.7. The second-order valence-corrected chi connectivity index (χ2v) is 7.66. The Kier molecular flexibility index (Phi) is 5.93. The zero-order valence-electron chi connectivity index (χ0n) is 11.2. The summed E-state index contributed by atoms with van der Waals surface area (Å²) in [6, 6.07) is -0.0199. The van der Waals surface area contributed by atoms with E-state index < -0.39 is 10.0 Å². The number of hydrogen-bond acceptors (Lipinski definition) is 3. The normalized spacial score (nSPS) is 13.8. The quantitative estimate of drug-likeness (QED) is 0.775. The molecule has 0 saturated heterocycles. The molecule has 2 N–H and O–H groups in total. The maximum absolute atomic E-state index is 12.1. The van der Waals surface area contributed by atoms with Crippen LogP contribution in [-0.4, -0.2) is 37.6 Å². The van der Waals surface area contributed by atoms with Gasteiger partial charge in [0.2, 0.25) is 10.0 Å². The lowest BCUT2D eigenvalue weighted by Crippen LogP contribution is -2.42. The van der Waals surface area contributed by atoms with Crippen molar-refractivity contribution in [3.8, 4) is 0 Å². The Hall–Kier alpha value is -0.130. The first-order chi connectivity index (χ1) is 7.10. The highest BCUT2D eigenvalue weighted by Crippen LogP contribution is 2.21. The van der Waals surface area contributed by atoms with Gasteiger partial charge in [-0.2, -0.15) is 4.31 Å². The van der Waals surface area contributed by atoms with Crippen LogP contribution in [0.1, 0.15) is 41.0 Å². The van der Waals surface area contributed by atoms with Gasteiger partial charge in [0.05, 0.1) is 5.75 Å². The minimum Gasteiger partial charge on any atom is -0.329 e. The van der Waals surface area contributed by atoms with Gasteiger partial charge in [0.1, 0.15) is 0 Å². The zero-order chi connectivity index (χ0) is 13.0. The molecule has 0 aliphatic carbocycles. The smallest absolute Gasteiger partial charge is 0.214 e. The van der Waals surface area contributed by atoms with Gasteiger partial charge in [-0.05, 0) is 25.7 Å². The average molecular weight is 250 g/mol. The van der Waals surface area contributed by atoms with E-state index in [4.69, 9.17) is 5.73 Å². The van der Waals surface area contributed by atoms with Crippen LogP contribution in [0.3, 0.4) is 0 Å². The van der Waals surface area contributed by atoms with E-state index in [1.165, 1.54) is 4.31 Å². The van der Waals surface area contributed by atoms with Crippen LogP contribution in [0.25, 0.3) is 0 Å². The largest absolute Gasteiger partial charge is 0.329 e. The third-order valence-electron chi connectivity index (χ3n) is 2.39. The van der Waals surface area contributed by atoms with Crippen molar-refractivity contribution in [1.29, 1.82) is 0 Å². The van der Waals surface area contributed by atoms with Gasteiger partial charge >= 0.3 is 0 Å². The molecule has 0 atom stereocenters. The first kappa shape index (κ1) is 15.9. The Morgan fingerprint density at radius 2 is 1.75 bits per heavy atom. The second kappa shape index (κ2) is 5.98. The van der Waals surface area contributed by atoms with Gasteiger partial charge in [-0.1, -0.05) is 20.8 Å². The second-order valence-electron chi connectivity index (χ2n) is 5.62. The minimum atomic E-state index is -3.16. The van der Waals surface area contributed by atoms with E-state index in [0.29, 0.717) is 19.5 Å². The van der Waals surface area contributed by atoms with E-state index in [-0.39, 0.29) is 17.2 Å². The molecule has 0 aromatic carbocycles. The van der Waals surface area contributed by atoms with Crippen molar-refractivity contribution in [2.45, 2.75) is 47.1 Å². The Morgan fingerprint density at radius 1 is 1.25 bits per heavy atom. The summed E-state index contributed by atoms with van der Waals surface area (Å²) >= 11 is 0. The molecule has 0 unspecified atom stereocenters. The molecular formula is C11H26N2O2S. The topological polar surface area (TPSA) is 63.4 Å². The molecule has 98 valence electrons. The fraction of sp³-hybridized carbons (Fsp3) is 1.00. The molecule has 0 saturated carbocycles. The summed E-state index contributed by atoms with van der Waals surface area (Å²) in [5.74, 6) is 0.203. The SMILES string of the molecule is CC(C)N(CCN)S(=O)(=O)CCC(C)(C)C. The summed E-state index contributed by atoms with van der Waals surface area (Å²) in [5.41, 5.74) is 5.48. The van der Waals surface area contributed by atoms with Crippen LogP contribution in [0, 0.1) is 5.41 Å². The predicted molar refractivity (Wildman–Crippen MR) is 68.8 cm³/mol. The predicted octanol–water partition coefficient (Wildman–Crippen LogP) is 1.42.